The number of carboxylic acids is 1. The molecule has 5 heteroatoms. The lowest BCUT2D eigenvalue weighted by atomic mass is 9.89. The average Bonchev–Trinajstić information content (AvgIpc) is 3.18. The van der Waals surface area contributed by atoms with Crippen molar-refractivity contribution in [1.29, 1.82) is 0 Å². The summed E-state index contributed by atoms with van der Waals surface area (Å²) in [4.78, 5) is 10.5. The van der Waals surface area contributed by atoms with Crippen LogP contribution in [0.3, 0.4) is 0 Å². The Kier molecular flexibility index (Phi) is 6.63. The van der Waals surface area contributed by atoms with Gasteiger partial charge < -0.3 is 19.7 Å². The van der Waals surface area contributed by atoms with Crippen LogP contribution >= 0.6 is 0 Å². The largest absolute Gasteiger partial charge is 0.481 e. The van der Waals surface area contributed by atoms with Crippen LogP contribution in [0.1, 0.15) is 53.4 Å². The SMILES string of the molecule is C.C.O=C(O)[C@H]1C[C@@H]2CC[C@H]1O2.OC[C@H]1C[C@@H]2CC[C@H]1O2. The molecule has 4 aliphatic heterocycles. The van der Waals surface area contributed by atoms with Crippen molar-refractivity contribution in [2.45, 2.75) is 77.8 Å². The summed E-state index contributed by atoms with van der Waals surface area (Å²) >= 11 is 0. The molecular weight excluding hydrogens is 272 g/mol. The fraction of sp³-hybridized carbons (Fsp3) is 0.938. The molecule has 0 amide bonds. The number of fused-ring (bicyclic) bond motifs is 4. The van der Waals surface area contributed by atoms with Gasteiger partial charge in [-0.15, -0.1) is 0 Å². The Labute approximate surface area is 127 Å². The molecule has 4 fully saturated rings. The van der Waals surface area contributed by atoms with Crippen LogP contribution in [0.4, 0.5) is 0 Å². The predicted molar refractivity (Wildman–Crippen MR) is 80.2 cm³/mol. The van der Waals surface area contributed by atoms with Gasteiger partial charge in [-0.05, 0) is 38.5 Å². The van der Waals surface area contributed by atoms with Crippen LogP contribution < -0.4 is 0 Å². The van der Waals surface area contributed by atoms with E-state index in [4.69, 9.17) is 19.7 Å². The van der Waals surface area contributed by atoms with Crippen molar-refractivity contribution in [3.8, 4) is 0 Å². The number of rotatable bonds is 2. The standard InChI is InChI=1S/C7H10O3.C7H12O2.2CH4/c8-7(9)5-3-4-1-2-6(5)10-4;8-4-5-3-6-1-2-7(5)9-6;;/h4-6H,1-3H2,(H,8,9);5-8H,1-4H2;2*1H4/t4-,5-,6+;5-,6+,7-;;/m01../s1. The molecule has 21 heavy (non-hydrogen) atoms. The minimum absolute atomic E-state index is 0. The monoisotopic (exact) mass is 302 g/mol. The Bertz CT molecular complexity index is 346. The molecule has 6 atom stereocenters. The molecule has 4 saturated heterocycles. The van der Waals surface area contributed by atoms with Gasteiger partial charge >= 0.3 is 5.97 Å². The van der Waals surface area contributed by atoms with Gasteiger partial charge in [0, 0.05) is 12.5 Å². The lowest BCUT2D eigenvalue weighted by molar-refractivity contribution is -0.143. The third-order valence-electron chi connectivity index (χ3n) is 4.89. The second-order valence-corrected chi connectivity index (χ2v) is 6.11. The molecule has 4 bridgehead atoms. The summed E-state index contributed by atoms with van der Waals surface area (Å²) in [7, 11) is 0. The fourth-order valence-electron chi connectivity index (χ4n) is 3.83. The van der Waals surface area contributed by atoms with Gasteiger partial charge in [0.1, 0.15) is 0 Å². The molecule has 0 aromatic rings. The predicted octanol–water partition coefficient (Wildman–Crippen LogP) is 2.46. The number of aliphatic carboxylic acids is 1. The maximum Gasteiger partial charge on any atom is 0.309 e. The Hall–Kier alpha value is -0.650. The van der Waals surface area contributed by atoms with Gasteiger partial charge in [-0.1, -0.05) is 14.9 Å². The molecule has 5 nitrogen and oxygen atoms in total. The van der Waals surface area contributed by atoms with E-state index >= 15 is 0 Å². The topological polar surface area (TPSA) is 76.0 Å². The highest BCUT2D eigenvalue weighted by Gasteiger charge is 2.44. The molecule has 124 valence electrons. The van der Waals surface area contributed by atoms with Crippen molar-refractivity contribution in [3.05, 3.63) is 0 Å². The van der Waals surface area contributed by atoms with Crippen LogP contribution in [0.15, 0.2) is 0 Å². The smallest absolute Gasteiger partial charge is 0.309 e. The number of aliphatic hydroxyl groups excluding tert-OH is 1. The third kappa shape index (κ3) is 3.76. The summed E-state index contributed by atoms with van der Waals surface area (Å²) in [6.45, 7) is 0.321. The van der Waals surface area contributed by atoms with E-state index in [1.54, 1.807) is 0 Å². The highest BCUT2D eigenvalue weighted by molar-refractivity contribution is 5.71. The van der Waals surface area contributed by atoms with E-state index in [9.17, 15) is 4.79 Å². The zero-order chi connectivity index (χ0) is 13.4. The van der Waals surface area contributed by atoms with Crippen molar-refractivity contribution in [2.75, 3.05) is 6.61 Å². The van der Waals surface area contributed by atoms with Gasteiger partial charge in [-0.3, -0.25) is 4.79 Å². The molecule has 0 spiro atoms. The van der Waals surface area contributed by atoms with Gasteiger partial charge in [-0.25, -0.2) is 0 Å². The zero-order valence-electron chi connectivity index (χ0n) is 11.0. The van der Waals surface area contributed by atoms with Crippen LogP contribution in [0, 0.1) is 11.8 Å². The van der Waals surface area contributed by atoms with E-state index in [-0.39, 0.29) is 33.0 Å². The zero-order valence-corrected chi connectivity index (χ0v) is 11.0. The molecule has 0 radical (unpaired) electrons. The lowest BCUT2D eigenvalue weighted by Crippen LogP contribution is -2.24. The minimum atomic E-state index is -0.688. The maximum absolute atomic E-state index is 10.5. The molecule has 0 saturated carbocycles. The number of hydrogen-bond acceptors (Lipinski definition) is 4. The van der Waals surface area contributed by atoms with Crippen LogP contribution in [0.25, 0.3) is 0 Å². The first-order valence-electron chi connectivity index (χ1n) is 7.32. The highest BCUT2D eigenvalue weighted by atomic mass is 16.5. The quantitative estimate of drug-likeness (QED) is 0.819. The van der Waals surface area contributed by atoms with E-state index in [0.29, 0.717) is 24.7 Å². The molecule has 0 aromatic carbocycles. The first kappa shape index (κ1) is 18.4. The lowest BCUT2D eigenvalue weighted by Gasteiger charge is -2.14. The summed E-state index contributed by atoms with van der Waals surface area (Å²) < 4.78 is 10.9. The molecule has 4 rings (SSSR count). The summed E-state index contributed by atoms with van der Waals surface area (Å²) in [5.74, 6) is -0.435. The van der Waals surface area contributed by atoms with Gasteiger partial charge in [0.05, 0.1) is 30.3 Å². The van der Waals surface area contributed by atoms with Gasteiger partial charge in [0.2, 0.25) is 0 Å². The number of hydrogen-bond donors (Lipinski definition) is 2. The van der Waals surface area contributed by atoms with Crippen LogP contribution in [0.5, 0.6) is 0 Å². The van der Waals surface area contributed by atoms with Gasteiger partial charge in [0.15, 0.2) is 0 Å². The third-order valence-corrected chi connectivity index (χ3v) is 4.89. The number of aliphatic hydroxyl groups is 1. The Morgan fingerprint density at radius 1 is 0.952 bits per heavy atom. The summed E-state index contributed by atoms with van der Waals surface area (Å²) in [5.41, 5.74) is 0. The fourth-order valence-corrected chi connectivity index (χ4v) is 3.83. The summed E-state index contributed by atoms with van der Waals surface area (Å²) in [6, 6.07) is 0. The second-order valence-electron chi connectivity index (χ2n) is 6.11. The molecule has 2 N–H and O–H groups in total. The molecule has 0 unspecified atom stereocenters. The van der Waals surface area contributed by atoms with Crippen molar-refractivity contribution < 1.29 is 24.5 Å². The van der Waals surface area contributed by atoms with Gasteiger partial charge in [0.25, 0.3) is 0 Å². The number of ether oxygens (including phenoxy) is 2. The number of carbonyl (C=O) groups is 1. The molecular formula is C16H30O5. The van der Waals surface area contributed by atoms with Crippen LogP contribution in [-0.2, 0) is 14.3 Å². The van der Waals surface area contributed by atoms with Gasteiger partial charge in [-0.2, -0.15) is 0 Å². The Balaban J connectivity index is 0.000000192. The second kappa shape index (κ2) is 7.56. The Morgan fingerprint density at radius 3 is 1.76 bits per heavy atom. The molecule has 0 aromatic heterocycles. The van der Waals surface area contributed by atoms with E-state index in [0.717, 1.165) is 25.7 Å². The van der Waals surface area contributed by atoms with Crippen LogP contribution in [-0.4, -0.2) is 47.2 Å². The normalized spacial score (nSPS) is 41.8. The van der Waals surface area contributed by atoms with E-state index in [1.807, 2.05) is 0 Å². The average molecular weight is 302 g/mol. The maximum atomic E-state index is 10.5. The van der Waals surface area contributed by atoms with Crippen molar-refractivity contribution in [1.82, 2.24) is 0 Å². The van der Waals surface area contributed by atoms with Crippen molar-refractivity contribution in [3.63, 3.8) is 0 Å². The highest BCUT2D eigenvalue weighted by Crippen LogP contribution is 2.39. The number of carboxylic acid groups (broad SMARTS) is 1. The molecule has 4 aliphatic rings. The first-order chi connectivity index (χ1) is 9.17. The van der Waals surface area contributed by atoms with E-state index < -0.39 is 5.97 Å². The Morgan fingerprint density at radius 2 is 1.52 bits per heavy atom. The molecule has 4 heterocycles. The van der Waals surface area contributed by atoms with E-state index in [2.05, 4.69) is 0 Å². The summed E-state index contributed by atoms with van der Waals surface area (Å²) in [5, 5.41) is 17.5. The molecule has 0 aliphatic carbocycles. The first-order valence-corrected chi connectivity index (χ1v) is 7.32. The van der Waals surface area contributed by atoms with Crippen molar-refractivity contribution in [2.24, 2.45) is 11.8 Å². The van der Waals surface area contributed by atoms with Crippen LogP contribution in [0.2, 0.25) is 0 Å². The minimum Gasteiger partial charge on any atom is -0.481 e. The van der Waals surface area contributed by atoms with E-state index in [1.165, 1.54) is 12.8 Å². The summed E-state index contributed by atoms with van der Waals surface area (Å²) in [6.07, 6.45) is 7.43. The van der Waals surface area contributed by atoms with Crippen molar-refractivity contribution >= 4 is 5.97 Å².